The highest BCUT2D eigenvalue weighted by atomic mass is 32.1. The summed E-state index contributed by atoms with van der Waals surface area (Å²) in [6.07, 6.45) is 0.608. The molecule has 2 aromatic carbocycles. The average Bonchev–Trinajstić information content (AvgIpc) is 3.12. The molecule has 3 aromatic rings. The third kappa shape index (κ3) is 3.68. The van der Waals surface area contributed by atoms with Gasteiger partial charge in [0.2, 0.25) is 0 Å². The Labute approximate surface area is 139 Å². The van der Waals surface area contributed by atoms with E-state index >= 15 is 0 Å². The zero-order valence-corrected chi connectivity index (χ0v) is 13.7. The molecule has 0 N–H and O–H groups in total. The van der Waals surface area contributed by atoms with Gasteiger partial charge < -0.3 is 4.74 Å². The summed E-state index contributed by atoms with van der Waals surface area (Å²) in [5.74, 6) is 0.864. The summed E-state index contributed by atoms with van der Waals surface area (Å²) >= 11 is 1.66. The maximum atomic E-state index is 10.6. The molecule has 0 radical (unpaired) electrons. The number of thiophene rings is 1. The van der Waals surface area contributed by atoms with Gasteiger partial charge in [0, 0.05) is 30.3 Å². The summed E-state index contributed by atoms with van der Waals surface area (Å²) in [5, 5.41) is 8.61. The van der Waals surface area contributed by atoms with Crippen molar-refractivity contribution in [2.24, 2.45) is 5.29 Å². The van der Waals surface area contributed by atoms with Gasteiger partial charge in [-0.3, -0.25) is 5.01 Å². The minimum atomic E-state index is -0.0926. The highest BCUT2D eigenvalue weighted by Crippen LogP contribution is 2.32. The van der Waals surface area contributed by atoms with Crippen molar-refractivity contribution in [1.82, 2.24) is 5.01 Å². The van der Waals surface area contributed by atoms with Crippen LogP contribution in [0.15, 0.2) is 65.3 Å². The van der Waals surface area contributed by atoms with E-state index in [1.807, 2.05) is 35.7 Å². The second kappa shape index (κ2) is 7.24. The minimum absolute atomic E-state index is 0.0926. The topological polar surface area (TPSA) is 41.9 Å². The Morgan fingerprint density at radius 2 is 1.96 bits per heavy atom. The summed E-state index contributed by atoms with van der Waals surface area (Å²) in [5.41, 5.74) is 0. The molecule has 0 bridgehead atoms. The van der Waals surface area contributed by atoms with Gasteiger partial charge in [-0.15, -0.1) is 16.2 Å². The van der Waals surface area contributed by atoms with E-state index < -0.39 is 0 Å². The number of fused-ring (bicyclic) bond motifs is 1. The molecule has 0 aliphatic rings. The Hall–Kier alpha value is -2.40. The van der Waals surface area contributed by atoms with Crippen LogP contribution in [0.5, 0.6) is 5.75 Å². The molecule has 0 aliphatic heterocycles. The summed E-state index contributed by atoms with van der Waals surface area (Å²) in [7, 11) is 1.68. The van der Waals surface area contributed by atoms with Gasteiger partial charge in [0.15, 0.2) is 0 Å². The number of nitroso groups, excluding NO2 is 1. The number of hydrogen-bond acceptors (Lipinski definition) is 4. The van der Waals surface area contributed by atoms with Crippen LogP contribution >= 0.6 is 11.3 Å². The first kappa shape index (κ1) is 15.5. The van der Waals surface area contributed by atoms with Gasteiger partial charge in [-0.25, -0.2) is 0 Å². The predicted octanol–water partition coefficient (Wildman–Crippen LogP) is 5.02. The van der Waals surface area contributed by atoms with Gasteiger partial charge in [-0.05, 0) is 22.9 Å². The molecule has 5 heteroatoms. The molecule has 23 heavy (non-hydrogen) atoms. The molecule has 0 amide bonds. The van der Waals surface area contributed by atoms with Crippen LogP contribution in [0.3, 0.4) is 0 Å². The van der Waals surface area contributed by atoms with Crippen LogP contribution in [-0.4, -0.2) is 18.6 Å². The fourth-order valence-electron chi connectivity index (χ4n) is 2.53. The van der Waals surface area contributed by atoms with E-state index in [9.17, 15) is 4.91 Å². The largest absolute Gasteiger partial charge is 0.484 e. The highest BCUT2D eigenvalue weighted by molar-refractivity contribution is 7.10. The van der Waals surface area contributed by atoms with E-state index in [1.54, 1.807) is 18.4 Å². The van der Waals surface area contributed by atoms with Crippen molar-refractivity contribution in [3.05, 3.63) is 69.8 Å². The molecule has 0 saturated carbocycles. The summed E-state index contributed by atoms with van der Waals surface area (Å²) in [4.78, 5) is 11.7. The van der Waals surface area contributed by atoms with Crippen molar-refractivity contribution in [2.75, 3.05) is 13.6 Å². The van der Waals surface area contributed by atoms with Crippen LogP contribution in [-0.2, 0) is 0 Å². The maximum absolute atomic E-state index is 10.6. The van der Waals surface area contributed by atoms with E-state index in [2.05, 4.69) is 29.6 Å². The third-order valence-electron chi connectivity index (χ3n) is 3.73. The van der Waals surface area contributed by atoms with E-state index in [0.717, 1.165) is 21.4 Å². The molecule has 3 rings (SSSR count). The van der Waals surface area contributed by atoms with E-state index in [-0.39, 0.29) is 6.10 Å². The van der Waals surface area contributed by atoms with Crippen molar-refractivity contribution in [1.29, 1.82) is 0 Å². The zero-order chi connectivity index (χ0) is 16.1. The van der Waals surface area contributed by atoms with Crippen LogP contribution in [0.2, 0.25) is 0 Å². The second-order valence-corrected chi connectivity index (χ2v) is 6.33. The molecule has 0 fully saturated rings. The van der Waals surface area contributed by atoms with Gasteiger partial charge in [-0.2, -0.15) is 0 Å². The molecule has 4 nitrogen and oxygen atoms in total. The Morgan fingerprint density at radius 1 is 1.13 bits per heavy atom. The first-order valence-electron chi connectivity index (χ1n) is 7.50. The van der Waals surface area contributed by atoms with Crippen molar-refractivity contribution in [3.63, 3.8) is 0 Å². The molecule has 1 heterocycles. The first-order valence-corrected chi connectivity index (χ1v) is 8.38. The number of ether oxygens (including phenoxy) is 1. The van der Waals surface area contributed by atoms with Crippen LogP contribution in [0.25, 0.3) is 10.8 Å². The Morgan fingerprint density at radius 3 is 2.74 bits per heavy atom. The lowest BCUT2D eigenvalue weighted by atomic mass is 10.1. The quantitative estimate of drug-likeness (QED) is 0.452. The van der Waals surface area contributed by atoms with Crippen molar-refractivity contribution in [2.45, 2.75) is 12.5 Å². The standard InChI is InChI=1S/C18H18N2O2S/c1-20(19-21)12-11-17(18-10-5-13-23-18)22-16-9-4-7-14-6-2-3-8-15(14)16/h2-10,13,17H,11-12H2,1H3/t17-/m0/s1. The number of nitrogens with zero attached hydrogens (tertiary/aromatic N) is 2. The summed E-state index contributed by atoms with van der Waals surface area (Å²) in [6, 6.07) is 18.3. The molecule has 1 aromatic heterocycles. The lowest BCUT2D eigenvalue weighted by Crippen LogP contribution is -2.17. The molecule has 0 aliphatic carbocycles. The van der Waals surface area contributed by atoms with Gasteiger partial charge >= 0.3 is 0 Å². The first-order chi connectivity index (χ1) is 11.3. The average molecular weight is 326 g/mol. The van der Waals surface area contributed by atoms with E-state index in [4.69, 9.17) is 4.74 Å². The minimum Gasteiger partial charge on any atom is -0.484 e. The Bertz CT molecular complexity index is 768. The smallest absolute Gasteiger partial charge is 0.135 e. The molecule has 0 spiro atoms. The van der Waals surface area contributed by atoms with Gasteiger partial charge in [-0.1, -0.05) is 42.5 Å². The zero-order valence-electron chi connectivity index (χ0n) is 12.9. The van der Waals surface area contributed by atoms with E-state index in [1.165, 1.54) is 5.01 Å². The molecule has 1 atom stereocenters. The SMILES string of the molecule is CN(CC[C@H](Oc1cccc2ccccc12)c1cccs1)N=O. The summed E-state index contributed by atoms with van der Waals surface area (Å²) in [6.45, 7) is 0.552. The van der Waals surface area contributed by atoms with Crippen molar-refractivity contribution in [3.8, 4) is 5.75 Å². The molecule has 118 valence electrons. The number of rotatable bonds is 7. The van der Waals surface area contributed by atoms with Crippen LogP contribution in [0, 0.1) is 4.91 Å². The van der Waals surface area contributed by atoms with Gasteiger partial charge in [0.05, 0.1) is 5.29 Å². The van der Waals surface area contributed by atoms with Crippen molar-refractivity contribution >= 4 is 22.1 Å². The lowest BCUT2D eigenvalue weighted by molar-refractivity contribution is 0.179. The van der Waals surface area contributed by atoms with Gasteiger partial charge in [0.1, 0.15) is 11.9 Å². The maximum Gasteiger partial charge on any atom is 0.135 e. The molecular weight excluding hydrogens is 308 g/mol. The summed E-state index contributed by atoms with van der Waals surface area (Å²) < 4.78 is 6.31. The Kier molecular flexibility index (Phi) is 4.88. The number of benzene rings is 2. The van der Waals surface area contributed by atoms with E-state index in [0.29, 0.717) is 13.0 Å². The third-order valence-corrected chi connectivity index (χ3v) is 4.70. The van der Waals surface area contributed by atoms with Crippen molar-refractivity contribution < 1.29 is 4.74 Å². The monoisotopic (exact) mass is 326 g/mol. The molecular formula is C18H18N2O2S. The van der Waals surface area contributed by atoms with Crippen LogP contribution in [0.4, 0.5) is 0 Å². The van der Waals surface area contributed by atoms with Crippen LogP contribution in [0.1, 0.15) is 17.4 Å². The van der Waals surface area contributed by atoms with Gasteiger partial charge in [0.25, 0.3) is 0 Å². The highest BCUT2D eigenvalue weighted by Gasteiger charge is 2.17. The van der Waals surface area contributed by atoms with Crippen LogP contribution < -0.4 is 4.74 Å². The lowest BCUT2D eigenvalue weighted by Gasteiger charge is -2.20. The molecule has 0 unspecified atom stereocenters. The fourth-order valence-corrected chi connectivity index (χ4v) is 3.32. The fraction of sp³-hybridized carbons (Fsp3) is 0.222. The normalized spacial score (nSPS) is 12.0. The number of hydrogen-bond donors (Lipinski definition) is 0. The Balaban J connectivity index is 1.86. The molecule has 0 saturated heterocycles. The predicted molar refractivity (Wildman–Crippen MR) is 94.7 cm³/mol. The second-order valence-electron chi connectivity index (χ2n) is 5.35.